The Morgan fingerprint density at radius 1 is 1.40 bits per heavy atom. The number of hydrogen-bond donors (Lipinski definition) is 0. The molecular formula is C5H9F3OS. The molecule has 0 aliphatic rings. The molecule has 10 heavy (non-hydrogen) atoms. The van der Waals surface area contributed by atoms with Gasteiger partial charge in [-0.1, -0.05) is 11.8 Å². The molecule has 0 amide bonds. The summed E-state index contributed by atoms with van der Waals surface area (Å²) in [6.45, 7) is 0.392. The molecule has 0 rings (SSSR count). The van der Waals surface area contributed by atoms with Crippen molar-refractivity contribution in [3.8, 4) is 0 Å². The number of methoxy groups -OCH3 is 1. The molecule has 0 saturated heterocycles. The van der Waals surface area contributed by atoms with Crippen molar-refractivity contribution in [2.45, 2.75) is 11.9 Å². The molecule has 0 bridgehead atoms. The van der Waals surface area contributed by atoms with Gasteiger partial charge in [-0.15, -0.1) is 0 Å². The lowest BCUT2D eigenvalue weighted by atomic mass is 10.5. The Bertz CT molecular complexity index is 83.5. The first kappa shape index (κ1) is 10.1. The zero-order valence-corrected chi connectivity index (χ0v) is 6.39. The average Bonchev–Trinajstić information content (AvgIpc) is 1.78. The quantitative estimate of drug-likeness (QED) is 0.604. The molecule has 0 aromatic heterocycles. The second-order valence-electron chi connectivity index (χ2n) is 1.64. The minimum Gasteiger partial charge on any atom is -0.385 e. The van der Waals surface area contributed by atoms with Crippen LogP contribution in [0.4, 0.5) is 13.2 Å². The lowest BCUT2D eigenvalue weighted by Crippen LogP contribution is -2.02. The van der Waals surface area contributed by atoms with E-state index in [9.17, 15) is 13.2 Å². The molecular weight excluding hydrogens is 165 g/mol. The van der Waals surface area contributed by atoms with Crippen molar-refractivity contribution in [2.24, 2.45) is 0 Å². The van der Waals surface area contributed by atoms with E-state index in [1.807, 2.05) is 0 Å². The van der Waals surface area contributed by atoms with Gasteiger partial charge in [-0.3, -0.25) is 0 Å². The topological polar surface area (TPSA) is 9.23 Å². The van der Waals surface area contributed by atoms with E-state index < -0.39 is 5.51 Å². The van der Waals surface area contributed by atoms with E-state index in [1.165, 1.54) is 7.11 Å². The molecule has 0 aromatic carbocycles. The fourth-order valence-corrected chi connectivity index (χ4v) is 0.885. The van der Waals surface area contributed by atoms with Gasteiger partial charge in [0.2, 0.25) is 0 Å². The molecule has 62 valence electrons. The highest BCUT2D eigenvalue weighted by Crippen LogP contribution is 2.30. The predicted octanol–water partition coefficient (Wildman–Crippen LogP) is 2.28. The van der Waals surface area contributed by atoms with E-state index in [1.54, 1.807) is 0 Å². The SMILES string of the molecule is COCCCSC(F)(F)F. The zero-order chi connectivity index (χ0) is 8.04. The predicted molar refractivity (Wildman–Crippen MR) is 35.0 cm³/mol. The highest BCUT2D eigenvalue weighted by Gasteiger charge is 2.27. The van der Waals surface area contributed by atoms with Crippen LogP contribution in [0.3, 0.4) is 0 Å². The summed E-state index contributed by atoms with van der Waals surface area (Å²) in [5.74, 6) is 0.0807. The second kappa shape index (κ2) is 4.85. The fourth-order valence-electron chi connectivity index (χ4n) is 0.391. The van der Waals surface area contributed by atoms with Gasteiger partial charge in [0.15, 0.2) is 0 Å². The summed E-state index contributed by atoms with van der Waals surface area (Å²) in [5, 5.41) is 0. The zero-order valence-electron chi connectivity index (χ0n) is 5.57. The molecule has 0 unspecified atom stereocenters. The van der Waals surface area contributed by atoms with Gasteiger partial charge in [0.25, 0.3) is 0 Å². The third-order valence-corrected chi connectivity index (χ3v) is 1.58. The number of alkyl halides is 3. The van der Waals surface area contributed by atoms with E-state index in [-0.39, 0.29) is 17.5 Å². The summed E-state index contributed by atoms with van der Waals surface area (Å²) in [5.41, 5.74) is -4.09. The van der Waals surface area contributed by atoms with E-state index in [4.69, 9.17) is 0 Å². The van der Waals surface area contributed by atoms with E-state index in [2.05, 4.69) is 4.74 Å². The molecule has 1 nitrogen and oxygen atoms in total. The van der Waals surface area contributed by atoms with Crippen LogP contribution in [0, 0.1) is 0 Å². The Morgan fingerprint density at radius 3 is 2.40 bits per heavy atom. The Morgan fingerprint density at radius 2 is 2.00 bits per heavy atom. The summed E-state index contributed by atoms with van der Waals surface area (Å²) < 4.78 is 38.8. The highest BCUT2D eigenvalue weighted by molar-refractivity contribution is 8.00. The van der Waals surface area contributed by atoms with Gasteiger partial charge in [-0.2, -0.15) is 13.2 Å². The average molecular weight is 174 g/mol. The highest BCUT2D eigenvalue weighted by atomic mass is 32.2. The van der Waals surface area contributed by atoms with E-state index in [0.717, 1.165) is 0 Å². The van der Waals surface area contributed by atoms with Gasteiger partial charge in [0.1, 0.15) is 0 Å². The monoisotopic (exact) mass is 174 g/mol. The first-order valence-corrected chi connectivity index (χ1v) is 3.74. The Hall–Kier alpha value is 0.100. The van der Waals surface area contributed by atoms with Gasteiger partial charge in [-0.25, -0.2) is 0 Å². The molecule has 0 aliphatic carbocycles. The van der Waals surface area contributed by atoms with Gasteiger partial charge >= 0.3 is 5.51 Å². The molecule has 0 aliphatic heterocycles. The largest absolute Gasteiger partial charge is 0.441 e. The van der Waals surface area contributed by atoms with Crippen molar-refractivity contribution in [1.82, 2.24) is 0 Å². The van der Waals surface area contributed by atoms with Crippen molar-refractivity contribution >= 4 is 11.8 Å². The van der Waals surface area contributed by atoms with Crippen molar-refractivity contribution in [3.63, 3.8) is 0 Å². The minimum atomic E-state index is -4.09. The van der Waals surface area contributed by atoms with Crippen molar-refractivity contribution in [3.05, 3.63) is 0 Å². The molecule has 0 heterocycles. The van der Waals surface area contributed by atoms with Crippen molar-refractivity contribution in [2.75, 3.05) is 19.5 Å². The van der Waals surface area contributed by atoms with Crippen LogP contribution in [-0.4, -0.2) is 25.0 Å². The van der Waals surface area contributed by atoms with Crippen LogP contribution in [0.25, 0.3) is 0 Å². The Labute approximate surface area is 61.9 Å². The van der Waals surface area contributed by atoms with Crippen LogP contribution >= 0.6 is 11.8 Å². The second-order valence-corrected chi connectivity index (χ2v) is 2.80. The molecule has 0 radical (unpaired) electrons. The van der Waals surface area contributed by atoms with Gasteiger partial charge in [-0.05, 0) is 6.42 Å². The lowest BCUT2D eigenvalue weighted by Gasteiger charge is -2.03. The third kappa shape index (κ3) is 8.10. The maximum Gasteiger partial charge on any atom is 0.441 e. The molecule has 0 N–H and O–H groups in total. The van der Waals surface area contributed by atoms with Crippen LogP contribution in [0.1, 0.15) is 6.42 Å². The molecule has 0 atom stereocenters. The van der Waals surface area contributed by atoms with Crippen LogP contribution in [0.2, 0.25) is 0 Å². The number of hydrogen-bond acceptors (Lipinski definition) is 2. The summed E-state index contributed by atoms with van der Waals surface area (Å²) in [7, 11) is 1.47. The van der Waals surface area contributed by atoms with Crippen LogP contribution in [0.15, 0.2) is 0 Å². The molecule has 0 spiro atoms. The Balaban J connectivity index is 3.04. The van der Waals surface area contributed by atoms with Crippen LogP contribution in [-0.2, 0) is 4.74 Å². The van der Waals surface area contributed by atoms with E-state index >= 15 is 0 Å². The fraction of sp³-hybridized carbons (Fsp3) is 1.00. The van der Waals surface area contributed by atoms with Crippen molar-refractivity contribution < 1.29 is 17.9 Å². The number of rotatable bonds is 4. The Kier molecular flexibility index (Phi) is 4.89. The van der Waals surface area contributed by atoms with Gasteiger partial charge in [0.05, 0.1) is 0 Å². The number of halogens is 3. The standard InChI is InChI=1S/C5H9F3OS/c1-9-3-2-4-10-5(6,7)8/h2-4H2,1H3. The maximum atomic E-state index is 11.4. The summed E-state index contributed by atoms with van der Waals surface area (Å²) in [6, 6.07) is 0. The summed E-state index contributed by atoms with van der Waals surface area (Å²) in [4.78, 5) is 0. The first-order valence-electron chi connectivity index (χ1n) is 2.76. The molecule has 0 fully saturated rings. The third-order valence-electron chi connectivity index (χ3n) is 0.759. The molecule has 0 saturated carbocycles. The first-order chi connectivity index (χ1) is 4.56. The number of ether oxygens (including phenoxy) is 1. The minimum absolute atomic E-state index is 0.00648. The smallest absolute Gasteiger partial charge is 0.385 e. The van der Waals surface area contributed by atoms with Gasteiger partial charge < -0.3 is 4.74 Å². The van der Waals surface area contributed by atoms with E-state index in [0.29, 0.717) is 13.0 Å². The van der Waals surface area contributed by atoms with Crippen molar-refractivity contribution in [1.29, 1.82) is 0 Å². The molecule has 5 heteroatoms. The van der Waals surface area contributed by atoms with Gasteiger partial charge in [0, 0.05) is 19.5 Å². The number of thioether (sulfide) groups is 1. The van der Waals surface area contributed by atoms with Crippen LogP contribution < -0.4 is 0 Å². The normalized spacial score (nSPS) is 12.0. The molecule has 0 aromatic rings. The lowest BCUT2D eigenvalue weighted by molar-refractivity contribution is -0.0328. The van der Waals surface area contributed by atoms with Crippen LogP contribution in [0.5, 0.6) is 0 Å². The summed E-state index contributed by atoms with van der Waals surface area (Å²) >= 11 is -0.00648. The maximum absolute atomic E-state index is 11.4. The summed E-state index contributed by atoms with van der Waals surface area (Å²) in [6.07, 6.45) is 0.445.